The minimum Gasteiger partial charge on any atom is -0.366 e. The lowest BCUT2D eigenvalue weighted by Crippen LogP contribution is -2.16. The van der Waals surface area contributed by atoms with Crippen LogP contribution in [0, 0.1) is 19.3 Å². The highest BCUT2D eigenvalue weighted by molar-refractivity contribution is 5.81. The summed E-state index contributed by atoms with van der Waals surface area (Å²) in [7, 11) is 0. The van der Waals surface area contributed by atoms with Crippen LogP contribution in [0.2, 0.25) is 0 Å². The van der Waals surface area contributed by atoms with Crippen molar-refractivity contribution in [3.05, 3.63) is 35.9 Å². The smallest absolute Gasteiger partial charge is 0.129 e. The van der Waals surface area contributed by atoms with Crippen molar-refractivity contribution in [3.8, 4) is 12.3 Å². The molecule has 17 heavy (non-hydrogen) atoms. The molecule has 2 nitrogen and oxygen atoms in total. The lowest BCUT2D eigenvalue weighted by Gasteiger charge is -2.14. The summed E-state index contributed by atoms with van der Waals surface area (Å²) in [4.78, 5) is 4.62. The van der Waals surface area contributed by atoms with E-state index in [1.165, 1.54) is 5.39 Å². The Kier molecular flexibility index (Phi) is 3.30. The largest absolute Gasteiger partial charge is 0.366 e. The van der Waals surface area contributed by atoms with Gasteiger partial charge in [-0.1, -0.05) is 18.2 Å². The van der Waals surface area contributed by atoms with Crippen molar-refractivity contribution in [1.82, 2.24) is 4.98 Å². The second kappa shape index (κ2) is 4.88. The van der Waals surface area contributed by atoms with Crippen LogP contribution in [-0.2, 0) is 0 Å². The van der Waals surface area contributed by atoms with Crippen molar-refractivity contribution >= 4 is 16.7 Å². The minimum atomic E-state index is 0.243. The molecule has 0 saturated carbocycles. The molecule has 0 saturated heterocycles. The highest BCUT2D eigenvalue weighted by atomic mass is 15.0. The van der Waals surface area contributed by atoms with Gasteiger partial charge in [-0.2, -0.15) is 0 Å². The number of aromatic nitrogens is 1. The van der Waals surface area contributed by atoms with Crippen LogP contribution < -0.4 is 5.32 Å². The molecule has 0 radical (unpaired) electrons. The van der Waals surface area contributed by atoms with Gasteiger partial charge in [0.05, 0.1) is 5.52 Å². The first-order chi connectivity index (χ1) is 8.20. The van der Waals surface area contributed by atoms with E-state index in [9.17, 15) is 0 Å². The Labute approximate surface area is 102 Å². The van der Waals surface area contributed by atoms with E-state index in [2.05, 4.69) is 42.2 Å². The molecule has 0 aliphatic heterocycles. The minimum absolute atomic E-state index is 0.243. The maximum Gasteiger partial charge on any atom is 0.129 e. The SMILES string of the molecule is C#CCC(C)Nc1nc2ccccc2cc1C. The van der Waals surface area contributed by atoms with E-state index >= 15 is 0 Å². The normalized spacial score (nSPS) is 12.1. The number of fused-ring (bicyclic) bond motifs is 1. The zero-order valence-corrected chi connectivity index (χ0v) is 10.2. The molecule has 0 aliphatic rings. The molecule has 1 heterocycles. The molecule has 1 unspecified atom stereocenters. The highest BCUT2D eigenvalue weighted by Crippen LogP contribution is 2.20. The predicted molar refractivity (Wildman–Crippen MR) is 73.0 cm³/mol. The van der Waals surface area contributed by atoms with Crippen molar-refractivity contribution in [2.75, 3.05) is 5.32 Å². The van der Waals surface area contributed by atoms with Gasteiger partial charge in [0.1, 0.15) is 5.82 Å². The first kappa shape index (κ1) is 11.5. The number of terminal acetylenes is 1. The Morgan fingerprint density at radius 3 is 2.94 bits per heavy atom. The third-order valence-corrected chi connectivity index (χ3v) is 2.72. The number of benzene rings is 1. The Morgan fingerprint density at radius 2 is 2.18 bits per heavy atom. The first-order valence-electron chi connectivity index (χ1n) is 5.77. The van der Waals surface area contributed by atoms with E-state index in [1.807, 2.05) is 18.2 Å². The van der Waals surface area contributed by atoms with Crippen LogP contribution >= 0.6 is 0 Å². The van der Waals surface area contributed by atoms with E-state index in [-0.39, 0.29) is 6.04 Å². The van der Waals surface area contributed by atoms with Crippen molar-refractivity contribution in [2.45, 2.75) is 26.3 Å². The molecule has 1 aromatic heterocycles. The molecule has 1 aromatic carbocycles. The fourth-order valence-electron chi connectivity index (χ4n) is 1.83. The number of nitrogens with zero attached hydrogens (tertiary/aromatic N) is 1. The Hall–Kier alpha value is -2.01. The third kappa shape index (κ3) is 2.57. The van der Waals surface area contributed by atoms with Crippen molar-refractivity contribution < 1.29 is 0 Å². The molecule has 2 aromatic rings. The van der Waals surface area contributed by atoms with Gasteiger partial charge >= 0.3 is 0 Å². The monoisotopic (exact) mass is 224 g/mol. The van der Waals surface area contributed by atoms with E-state index in [0.29, 0.717) is 6.42 Å². The van der Waals surface area contributed by atoms with Crippen molar-refractivity contribution in [3.63, 3.8) is 0 Å². The van der Waals surface area contributed by atoms with Gasteiger partial charge in [0, 0.05) is 17.8 Å². The van der Waals surface area contributed by atoms with E-state index in [0.717, 1.165) is 16.9 Å². The van der Waals surface area contributed by atoms with Crippen molar-refractivity contribution in [2.24, 2.45) is 0 Å². The van der Waals surface area contributed by atoms with Gasteiger partial charge in [0.15, 0.2) is 0 Å². The molecular formula is C15H16N2. The summed E-state index contributed by atoms with van der Waals surface area (Å²) in [5, 5.41) is 4.52. The molecule has 86 valence electrons. The standard InChI is InChI=1S/C15H16N2/c1-4-7-12(3)16-15-11(2)10-13-8-5-6-9-14(13)17-15/h1,5-6,8-10,12H,7H2,2-3H3,(H,16,17). The van der Waals surface area contributed by atoms with Crippen LogP contribution in [0.15, 0.2) is 30.3 Å². The molecule has 2 rings (SSSR count). The summed E-state index contributed by atoms with van der Waals surface area (Å²) in [5.41, 5.74) is 2.15. The number of aryl methyl sites for hydroxylation is 1. The van der Waals surface area contributed by atoms with Crippen LogP contribution in [0.5, 0.6) is 0 Å². The zero-order valence-electron chi connectivity index (χ0n) is 10.2. The fourth-order valence-corrected chi connectivity index (χ4v) is 1.83. The fraction of sp³-hybridized carbons (Fsp3) is 0.267. The van der Waals surface area contributed by atoms with E-state index < -0.39 is 0 Å². The van der Waals surface area contributed by atoms with Crippen LogP contribution in [0.1, 0.15) is 18.9 Å². The number of nitrogens with one attached hydrogen (secondary N) is 1. The number of anilines is 1. The average molecular weight is 224 g/mol. The van der Waals surface area contributed by atoms with Gasteiger partial charge in [-0.3, -0.25) is 0 Å². The maximum atomic E-state index is 5.30. The predicted octanol–water partition coefficient (Wildman–Crippen LogP) is 3.37. The molecule has 2 heteroatoms. The second-order valence-corrected chi connectivity index (χ2v) is 4.30. The van der Waals surface area contributed by atoms with Gasteiger partial charge in [-0.15, -0.1) is 12.3 Å². The lowest BCUT2D eigenvalue weighted by molar-refractivity contribution is 0.821. The van der Waals surface area contributed by atoms with Crippen LogP contribution in [0.25, 0.3) is 10.9 Å². The maximum absolute atomic E-state index is 5.30. The quantitative estimate of drug-likeness (QED) is 0.808. The first-order valence-corrected chi connectivity index (χ1v) is 5.77. The number of para-hydroxylation sites is 1. The van der Waals surface area contributed by atoms with Gasteiger partial charge in [0.25, 0.3) is 0 Å². The van der Waals surface area contributed by atoms with Gasteiger partial charge in [0.2, 0.25) is 0 Å². The second-order valence-electron chi connectivity index (χ2n) is 4.30. The average Bonchev–Trinajstić information content (AvgIpc) is 2.30. The van der Waals surface area contributed by atoms with Gasteiger partial charge in [-0.05, 0) is 31.5 Å². The van der Waals surface area contributed by atoms with Gasteiger partial charge in [-0.25, -0.2) is 4.98 Å². The molecule has 0 spiro atoms. The van der Waals surface area contributed by atoms with E-state index in [1.54, 1.807) is 0 Å². The number of hydrogen-bond donors (Lipinski definition) is 1. The molecule has 1 N–H and O–H groups in total. The summed E-state index contributed by atoms with van der Waals surface area (Å²) in [5.74, 6) is 3.58. The number of hydrogen-bond acceptors (Lipinski definition) is 2. The van der Waals surface area contributed by atoms with Crippen LogP contribution in [0.3, 0.4) is 0 Å². The zero-order chi connectivity index (χ0) is 12.3. The molecular weight excluding hydrogens is 208 g/mol. The Balaban J connectivity index is 2.34. The molecule has 0 amide bonds. The molecule has 1 atom stereocenters. The summed E-state index contributed by atoms with van der Waals surface area (Å²) in [6, 6.07) is 10.5. The third-order valence-electron chi connectivity index (χ3n) is 2.72. The van der Waals surface area contributed by atoms with Gasteiger partial charge < -0.3 is 5.32 Å². The lowest BCUT2D eigenvalue weighted by atomic mass is 10.1. The topological polar surface area (TPSA) is 24.9 Å². The van der Waals surface area contributed by atoms with E-state index in [4.69, 9.17) is 6.42 Å². The van der Waals surface area contributed by atoms with Crippen LogP contribution in [0.4, 0.5) is 5.82 Å². The summed E-state index contributed by atoms with van der Waals surface area (Å²) in [6.07, 6.45) is 6.00. The summed E-state index contributed by atoms with van der Waals surface area (Å²) < 4.78 is 0. The van der Waals surface area contributed by atoms with Crippen molar-refractivity contribution in [1.29, 1.82) is 0 Å². The highest BCUT2D eigenvalue weighted by Gasteiger charge is 2.06. The molecule has 0 aliphatic carbocycles. The molecule has 0 fully saturated rings. The Morgan fingerprint density at radius 1 is 1.41 bits per heavy atom. The van der Waals surface area contributed by atoms with Crippen LogP contribution in [-0.4, -0.2) is 11.0 Å². The summed E-state index contributed by atoms with van der Waals surface area (Å²) >= 11 is 0. The number of pyridine rings is 1. The summed E-state index contributed by atoms with van der Waals surface area (Å²) in [6.45, 7) is 4.13. The Bertz CT molecular complexity index is 567. The molecule has 0 bridgehead atoms. The number of rotatable bonds is 3.